The number of nitrogens with one attached hydrogen (secondary N) is 1. The Bertz CT molecular complexity index is 1150. The van der Waals surface area contributed by atoms with Crippen molar-refractivity contribution < 1.29 is 14.3 Å². The van der Waals surface area contributed by atoms with Crippen molar-refractivity contribution in [3.63, 3.8) is 0 Å². The Morgan fingerprint density at radius 3 is 2.61 bits per heavy atom. The molecule has 0 radical (unpaired) electrons. The fourth-order valence-corrected chi connectivity index (χ4v) is 5.53. The quantitative estimate of drug-likeness (QED) is 0.604. The van der Waals surface area contributed by atoms with E-state index in [4.69, 9.17) is 9.84 Å². The number of thiophene rings is 1. The van der Waals surface area contributed by atoms with Crippen molar-refractivity contribution in [2.24, 2.45) is 0 Å². The molecule has 0 spiro atoms. The van der Waals surface area contributed by atoms with Gasteiger partial charge in [-0.1, -0.05) is 25.3 Å². The zero-order valence-electron chi connectivity index (χ0n) is 18.9. The lowest BCUT2D eigenvalue weighted by atomic mass is 9.91. The van der Waals surface area contributed by atoms with Crippen molar-refractivity contribution >= 4 is 28.8 Å². The number of nitrogens with zero attached hydrogens (tertiary/aromatic N) is 3. The number of carbonyl (C=O) groups excluding carboxylic acids is 2. The van der Waals surface area contributed by atoms with Crippen LogP contribution in [0.2, 0.25) is 0 Å². The fourth-order valence-electron chi connectivity index (χ4n) is 4.85. The van der Waals surface area contributed by atoms with Crippen molar-refractivity contribution in [1.29, 1.82) is 0 Å². The molecule has 8 heteroatoms. The molecule has 2 aliphatic rings. The number of amides is 2. The molecule has 33 heavy (non-hydrogen) atoms. The molecule has 1 N–H and O–H groups in total. The maximum Gasteiger partial charge on any atom is 0.277 e. The van der Waals surface area contributed by atoms with Crippen LogP contribution in [0.25, 0.3) is 10.6 Å². The van der Waals surface area contributed by atoms with E-state index in [1.165, 1.54) is 6.42 Å². The van der Waals surface area contributed by atoms with Gasteiger partial charge >= 0.3 is 0 Å². The van der Waals surface area contributed by atoms with Crippen molar-refractivity contribution in [2.75, 3.05) is 12.0 Å². The van der Waals surface area contributed by atoms with Crippen LogP contribution in [-0.4, -0.2) is 40.3 Å². The molecule has 2 amide bonds. The zero-order valence-corrected chi connectivity index (χ0v) is 19.7. The number of rotatable bonds is 5. The average Bonchev–Trinajstić information content (AvgIpc) is 3.50. The summed E-state index contributed by atoms with van der Waals surface area (Å²) in [6, 6.07) is 13.2. The van der Waals surface area contributed by atoms with Crippen LogP contribution in [0.1, 0.15) is 49.5 Å². The van der Waals surface area contributed by atoms with Gasteiger partial charge in [0, 0.05) is 11.7 Å². The van der Waals surface area contributed by atoms with Gasteiger partial charge in [0.15, 0.2) is 0 Å². The third-order valence-electron chi connectivity index (χ3n) is 6.69. The topological polar surface area (TPSA) is 76.5 Å². The Balaban J connectivity index is 1.55. The maximum absolute atomic E-state index is 13.8. The first-order valence-corrected chi connectivity index (χ1v) is 12.3. The van der Waals surface area contributed by atoms with Gasteiger partial charge in [-0.25, -0.2) is 0 Å². The number of hydrogen-bond acceptors (Lipinski definition) is 5. The number of ether oxygens (including phenoxy) is 1. The number of hydrogen-bond donors (Lipinski definition) is 1. The number of fused-ring (bicyclic) bond motifs is 1. The highest BCUT2D eigenvalue weighted by Gasteiger charge is 2.49. The smallest absolute Gasteiger partial charge is 0.277 e. The van der Waals surface area contributed by atoms with Crippen molar-refractivity contribution in [2.45, 2.75) is 57.2 Å². The minimum absolute atomic E-state index is 0.141. The molecule has 2 aromatic heterocycles. The Morgan fingerprint density at radius 2 is 1.94 bits per heavy atom. The fraction of sp³-hybridized carbons (Fsp3) is 0.400. The molecule has 1 aliphatic heterocycles. The molecule has 1 aromatic carbocycles. The number of benzene rings is 1. The van der Waals surface area contributed by atoms with Crippen LogP contribution in [0, 0.1) is 0 Å². The molecule has 1 saturated carbocycles. The molecule has 172 valence electrons. The second kappa shape index (κ2) is 8.67. The highest BCUT2D eigenvalue weighted by Crippen LogP contribution is 2.36. The lowest BCUT2D eigenvalue weighted by Gasteiger charge is -2.44. The number of aromatic nitrogens is 2. The molecule has 7 nitrogen and oxygen atoms in total. The summed E-state index contributed by atoms with van der Waals surface area (Å²) >= 11 is 1.58. The predicted molar refractivity (Wildman–Crippen MR) is 129 cm³/mol. The molecular formula is C25H28N4O3S. The molecule has 3 aromatic rings. The summed E-state index contributed by atoms with van der Waals surface area (Å²) in [5.74, 6) is 0.321. The Hall–Kier alpha value is -3.13. The van der Waals surface area contributed by atoms with Gasteiger partial charge in [0.1, 0.15) is 22.7 Å². The SMILES string of the molecule is COc1ccc(N2C(=O)c3cc(-c4cccs4)nn3CC2(C)C(=O)NC2CCCCC2)cc1. The second-order valence-electron chi connectivity index (χ2n) is 8.97. The average molecular weight is 465 g/mol. The molecule has 0 saturated heterocycles. The number of carbonyl (C=O) groups is 2. The lowest BCUT2D eigenvalue weighted by Crippen LogP contribution is -2.65. The summed E-state index contributed by atoms with van der Waals surface area (Å²) in [6.07, 6.45) is 5.41. The van der Waals surface area contributed by atoms with Crippen LogP contribution in [0.15, 0.2) is 47.8 Å². The molecule has 1 aliphatic carbocycles. The summed E-state index contributed by atoms with van der Waals surface area (Å²) in [4.78, 5) is 30.2. The third kappa shape index (κ3) is 3.93. The van der Waals surface area contributed by atoms with Crippen molar-refractivity contribution in [3.05, 3.63) is 53.5 Å². The predicted octanol–water partition coefficient (Wildman–Crippen LogP) is 4.49. The van der Waals surface area contributed by atoms with Crippen molar-refractivity contribution in [1.82, 2.24) is 15.1 Å². The van der Waals surface area contributed by atoms with Gasteiger partial charge < -0.3 is 10.1 Å². The molecule has 5 rings (SSSR count). The molecule has 0 bridgehead atoms. The Morgan fingerprint density at radius 1 is 1.18 bits per heavy atom. The van der Waals surface area contributed by atoms with Gasteiger partial charge in [0.25, 0.3) is 5.91 Å². The van der Waals surface area contributed by atoms with Gasteiger partial charge in [-0.05, 0) is 61.5 Å². The number of methoxy groups -OCH3 is 1. The van der Waals surface area contributed by atoms with E-state index in [0.717, 1.165) is 36.3 Å². The highest BCUT2D eigenvalue weighted by molar-refractivity contribution is 7.13. The molecule has 1 fully saturated rings. The van der Waals surface area contributed by atoms with Gasteiger partial charge in [0.05, 0.1) is 18.5 Å². The molecule has 1 unspecified atom stereocenters. The van der Waals surface area contributed by atoms with Crippen LogP contribution in [0.4, 0.5) is 5.69 Å². The first-order valence-electron chi connectivity index (χ1n) is 11.4. The normalized spacial score (nSPS) is 21.0. The summed E-state index contributed by atoms with van der Waals surface area (Å²) < 4.78 is 6.98. The second-order valence-corrected chi connectivity index (χ2v) is 9.92. The van der Waals surface area contributed by atoms with Crippen molar-refractivity contribution in [3.8, 4) is 16.3 Å². The molecule has 3 heterocycles. The van der Waals surface area contributed by atoms with Crippen LogP contribution >= 0.6 is 11.3 Å². The first kappa shape index (κ1) is 21.7. The summed E-state index contributed by atoms with van der Waals surface area (Å²) in [7, 11) is 1.60. The van der Waals surface area contributed by atoms with Gasteiger partial charge in [-0.2, -0.15) is 5.10 Å². The van der Waals surface area contributed by atoms with E-state index < -0.39 is 5.54 Å². The molecular weight excluding hydrogens is 436 g/mol. The summed E-state index contributed by atoms with van der Waals surface area (Å²) in [5, 5.41) is 9.93. The van der Waals surface area contributed by atoms with E-state index in [9.17, 15) is 9.59 Å². The maximum atomic E-state index is 13.8. The van der Waals surface area contributed by atoms with Crippen LogP contribution < -0.4 is 15.0 Å². The summed E-state index contributed by atoms with van der Waals surface area (Å²) in [6.45, 7) is 2.12. The lowest BCUT2D eigenvalue weighted by molar-refractivity contribution is -0.127. The minimum Gasteiger partial charge on any atom is -0.497 e. The Kier molecular flexibility index (Phi) is 5.70. The monoisotopic (exact) mass is 464 g/mol. The van der Waals surface area contributed by atoms with E-state index in [0.29, 0.717) is 17.1 Å². The summed E-state index contributed by atoms with van der Waals surface area (Å²) in [5.41, 5.74) is 0.777. The Labute approximate surface area is 197 Å². The minimum atomic E-state index is -1.12. The van der Waals surface area contributed by atoms with Crippen LogP contribution in [0.3, 0.4) is 0 Å². The highest BCUT2D eigenvalue weighted by atomic mass is 32.1. The van der Waals surface area contributed by atoms with Crippen LogP contribution in [0.5, 0.6) is 5.75 Å². The molecule has 1 atom stereocenters. The number of anilines is 1. The van der Waals surface area contributed by atoms with Gasteiger partial charge in [0.2, 0.25) is 5.91 Å². The standard InChI is InChI=1S/C25H28N4O3S/c1-25(24(31)26-17-7-4-3-5-8-17)16-28-21(15-20(27-28)22-9-6-14-33-22)23(30)29(25)18-10-12-19(32-2)13-11-18/h6,9-15,17H,3-5,7-8,16H2,1-2H3,(H,26,31). The van der Waals surface area contributed by atoms with Gasteiger partial charge in [-0.3, -0.25) is 19.2 Å². The largest absolute Gasteiger partial charge is 0.497 e. The van der Waals surface area contributed by atoms with E-state index in [-0.39, 0.29) is 24.4 Å². The van der Waals surface area contributed by atoms with E-state index in [2.05, 4.69) is 5.32 Å². The van der Waals surface area contributed by atoms with E-state index in [1.54, 1.807) is 28.0 Å². The van der Waals surface area contributed by atoms with Crippen LogP contribution in [-0.2, 0) is 11.3 Å². The third-order valence-corrected chi connectivity index (χ3v) is 7.58. The first-order chi connectivity index (χ1) is 16.0. The van der Waals surface area contributed by atoms with Gasteiger partial charge in [-0.15, -0.1) is 11.3 Å². The zero-order chi connectivity index (χ0) is 23.0. The van der Waals surface area contributed by atoms with E-state index in [1.807, 2.05) is 54.8 Å². The van der Waals surface area contributed by atoms with E-state index >= 15 is 0 Å².